The van der Waals surface area contributed by atoms with Crippen molar-refractivity contribution in [1.29, 1.82) is 0 Å². The molecular formula is C23H19ClN2O4S. The largest absolute Gasteiger partial charge is 0.508 e. The summed E-state index contributed by atoms with van der Waals surface area (Å²) in [4.78, 5) is 31.2. The van der Waals surface area contributed by atoms with Crippen LogP contribution in [0.15, 0.2) is 69.6 Å². The van der Waals surface area contributed by atoms with E-state index in [1.807, 2.05) is 18.2 Å². The van der Waals surface area contributed by atoms with E-state index in [-0.39, 0.29) is 17.9 Å². The van der Waals surface area contributed by atoms with Crippen LogP contribution < -0.4 is 14.9 Å². The van der Waals surface area contributed by atoms with E-state index < -0.39 is 12.0 Å². The van der Waals surface area contributed by atoms with Crippen LogP contribution in [-0.2, 0) is 9.53 Å². The third-order valence-corrected chi connectivity index (χ3v) is 6.24. The van der Waals surface area contributed by atoms with Gasteiger partial charge < -0.3 is 9.84 Å². The number of carbonyl (C=O) groups is 1. The van der Waals surface area contributed by atoms with Crippen LogP contribution in [0.2, 0.25) is 5.02 Å². The Balaban J connectivity index is 1.97. The zero-order valence-corrected chi connectivity index (χ0v) is 18.4. The molecule has 0 amide bonds. The van der Waals surface area contributed by atoms with Gasteiger partial charge in [-0.3, -0.25) is 9.36 Å². The van der Waals surface area contributed by atoms with Gasteiger partial charge in [-0.15, -0.1) is 0 Å². The van der Waals surface area contributed by atoms with Gasteiger partial charge in [-0.05, 0) is 49.2 Å². The molecule has 0 radical (unpaired) electrons. The maximum absolute atomic E-state index is 13.4. The highest BCUT2D eigenvalue weighted by Crippen LogP contribution is 2.31. The van der Waals surface area contributed by atoms with Gasteiger partial charge >= 0.3 is 5.97 Å². The van der Waals surface area contributed by atoms with E-state index in [1.165, 1.54) is 28.0 Å². The van der Waals surface area contributed by atoms with Crippen molar-refractivity contribution in [1.82, 2.24) is 4.57 Å². The average molecular weight is 455 g/mol. The van der Waals surface area contributed by atoms with Gasteiger partial charge in [0.15, 0.2) is 4.80 Å². The van der Waals surface area contributed by atoms with Crippen molar-refractivity contribution in [3.63, 3.8) is 0 Å². The van der Waals surface area contributed by atoms with Crippen LogP contribution in [0.4, 0.5) is 0 Å². The molecule has 3 aromatic rings. The van der Waals surface area contributed by atoms with Crippen molar-refractivity contribution in [2.75, 3.05) is 6.61 Å². The fourth-order valence-corrected chi connectivity index (χ4v) is 4.72. The number of thiazole rings is 1. The number of hydrogen-bond donors (Lipinski definition) is 1. The van der Waals surface area contributed by atoms with Crippen LogP contribution in [-0.4, -0.2) is 22.2 Å². The molecule has 8 heteroatoms. The molecule has 0 saturated carbocycles. The van der Waals surface area contributed by atoms with Crippen LogP contribution in [0.3, 0.4) is 0 Å². The fourth-order valence-electron chi connectivity index (χ4n) is 3.50. The Kier molecular flexibility index (Phi) is 5.80. The number of fused-ring (bicyclic) bond motifs is 1. The van der Waals surface area contributed by atoms with Crippen LogP contribution in [0.25, 0.3) is 6.08 Å². The van der Waals surface area contributed by atoms with Crippen LogP contribution in [0.1, 0.15) is 31.0 Å². The number of phenolic OH excluding ortho intramolecular Hbond substituents is 1. The Hall–Kier alpha value is -3.16. The summed E-state index contributed by atoms with van der Waals surface area (Å²) in [7, 11) is 0. The third-order valence-electron chi connectivity index (χ3n) is 4.92. The second-order valence-electron chi connectivity index (χ2n) is 6.92. The number of aromatic hydroxyl groups is 1. The normalized spacial score (nSPS) is 16.1. The maximum Gasteiger partial charge on any atom is 0.338 e. The first kappa shape index (κ1) is 21.1. The fraction of sp³-hybridized carbons (Fsp3) is 0.174. The highest BCUT2D eigenvalue weighted by molar-refractivity contribution is 7.07. The van der Waals surface area contributed by atoms with Gasteiger partial charge in [-0.1, -0.05) is 53.3 Å². The smallest absolute Gasteiger partial charge is 0.338 e. The zero-order chi connectivity index (χ0) is 22.1. The van der Waals surface area contributed by atoms with Crippen LogP contribution >= 0.6 is 22.9 Å². The number of ether oxygens (including phenoxy) is 1. The van der Waals surface area contributed by atoms with E-state index in [0.717, 1.165) is 5.56 Å². The molecule has 6 nitrogen and oxygen atoms in total. The molecule has 4 rings (SSSR count). The third kappa shape index (κ3) is 3.94. The van der Waals surface area contributed by atoms with Gasteiger partial charge in [0.1, 0.15) is 5.75 Å². The van der Waals surface area contributed by atoms with Gasteiger partial charge in [0, 0.05) is 5.02 Å². The van der Waals surface area contributed by atoms with Crippen molar-refractivity contribution in [3.05, 3.63) is 95.6 Å². The molecule has 158 valence electrons. The number of esters is 1. The molecule has 1 aliphatic heterocycles. The molecule has 0 bridgehead atoms. The number of allylic oxidation sites excluding steroid dienone is 1. The molecule has 0 saturated heterocycles. The molecule has 0 unspecified atom stereocenters. The summed E-state index contributed by atoms with van der Waals surface area (Å²) in [6, 6.07) is 12.9. The number of hydrogen-bond acceptors (Lipinski definition) is 6. The second kappa shape index (κ2) is 8.53. The summed E-state index contributed by atoms with van der Waals surface area (Å²) in [5.74, 6) is -0.435. The Morgan fingerprint density at radius 3 is 2.65 bits per heavy atom. The maximum atomic E-state index is 13.4. The van der Waals surface area contributed by atoms with Crippen molar-refractivity contribution in [2.45, 2.75) is 19.9 Å². The van der Waals surface area contributed by atoms with E-state index in [9.17, 15) is 14.7 Å². The number of nitrogens with zero attached hydrogens (tertiary/aromatic N) is 2. The van der Waals surface area contributed by atoms with E-state index in [1.54, 1.807) is 38.1 Å². The van der Waals surface area contributed by atoms with Crippen molar-refractivity contribution >= 4 is 35.0 Å². The number of benzene rings is 2. The summed E-state index contributed by atoms with van der Waals surface area (Å²) in [6.07, 6.45) is 1.73. The first-order valence-electron chi connectivity index (χ1n) is 9.64. The Labute approximate surface area is 187 Å². The predicted octanol–water partition coefficient (Wildman–Crippen LogP) is 3.16. The molecule has 1 aromatic heterocycles. The number of carbonyl (C=O) groups excluding carboxylic acids is 1. The highest BCUT2D eigenvalue weighted by atomic mass is 35.5. The summed E-state index contributed by atoms with van der Waals surface area (Å²) in [6.45, 7) is 3.65. The molecule has 2 heterocycles. The number of rotatable bonds is 4. The van der Waals surface area contributed by atoms with Crippen LogP contribution in [0.5, 0.6) is 5.75 Å². The molecule has 0 fully saturated rings. The van der Waals surface area contributed by atoms with Crippen molar-refractivity contribution in [3.8, 4) is 5.75 Å². The minimum absolute atomic E-state index is 0.0910. The lowest BCUT2D eigenvalue weighted by molar-refractivity contribution is -0.139. The van der Waals surface area contributed by atoms with Gasteiger partial charge in [0.25, 0.3) is 5.56 Å². The highest BCUT2D eigenvalue weighted by Gasteiger charge is 2.33. The van der Waals surface area contributed by atoms with Crippen LogP contribution in [0, 0.1) is 0 Å². The number of aromatic nitrogens is 1. The lowest BCUT2D eigenvalue weighted by Crippen LogP contribution is -2.39. The van der Waals surface area contributed by atoms with Gasteiger partial charge in [-0.25, -0.2) is 9.79 Å². The standard InChI is InChI=1S/C23H19ClN2O4S/c1-3-30-22(29)19-13(2)25-23-26(20(19)14-8-10-16(27)11-9-14)21(28)18(31-23)12-15-6-4-5-7-17(15)24/h4-12,20,27H,3H2,1-2H3/b18-12+/t20-/m1/s1. The van der Waals surface area contributed by atoms with Gasteiger partial charge in [0.2, 0.25) is 0 Å². The Morgan fingerprint density at radius 1 is 1.26 bits per heavy atom. The summed E-state index contributed by atoms with van der Waals surface area (Å²) in [5, 5.41) is 10.2. The number of phenols is 1. The minimum atomic E-state index is -0.718. The quantitative estimate of drug-likeness (QED) is 0.614. The SMILES string of the molecule is CCOC(=O)C1=C(C)N=c2s/c(=C/c3ccccc3Cl)c(=O)n2[C@@H]1c1ccc(O)cc1. The summed E-state index contributed by atoms with van der Waals surface area (Å²) < 4.78 is 7.21. The second-order valence-corrected chi connectivity index (χ2v) is 8.33. The van der Waals surface area contributed by atoms with Crippen molar-refractivity contribution in [2.24, 2.45) is 4.99 Å². The first-order chi connectivity index (χ1) is 14.9. The summed E-state index contributed by atoms with van der Waals surface area (Å²) in [5.41, 5.74) is 1.89. The van der Waals surface area contributed by atoms with Crippen molar-refractivity contribution < 1.29 is 14.6 Å². The minimum Gasteiger partial charge on any atom is -0.508 e. The molecule has 31 heavy (non-hydrogen) atoms. The summed E-state index contributed by atoms with van der Waals surface area (Å²) >= 11 is 7.50. The van der Waals surface area contributed by atoms with E-state index in [4.69, 9.17) is 16.3 Å². The monoisotopic (exact) mass is 454 g/mol. The number of halogens is 1. The molecule has 0 aliphatic carbocycles. The Bertz CT molecular complexity index is 1370. The van der Waals surface area contributed by atoms with E-state index >= 15 is 0 Å². The molecule has 1 aliphatic rings. The topological polar surface area (TPSA) is 80.9 Å². The first-order valence-corrected chi connectivity index (χ1v) is 10.8. The molecule has 0 spiro atoms. The molecular weight excluding hydrogens is 436 g/mol. The predicted molar refractivity (Wildman–Crippen MR) is 120 cm³/mol. The lowest BCUT2D eigenvalue weighted by Gasteiger charge is -2.24. The van der Waals surface area contributed by atoms with Gasteiger partial charge in [0.05, 0.1) is 28.5 Å². The zero-order valence-electron chi connectivity index (χ0n) is 16.8. The molecule has 1 atom stereocenters. The van der Waals surface area contributed by atoms with E-state index in [0.29, 0.717) is 31.2 Å². The van der Waals surface area contributed by atoms with Gasteiger partial charge in [-0.2, -0.15) is 0 Å². The molecule has 2 aromatic carbocycles. The Morgan fingerprint density at radius 2 is 1.97 bits per heavy atom. The lowest BCUT2D eigenvalue weighted by atomic mass is 9.96. The van der Waals surface area contributed by atoms with E-state index in [2.05, 4.69) is 4.99 Å². The molecule has 1 N–H and O–H groups in total. The average Bonchev–Trinajstić information content (AvgIpc) is 3.04.